The lowest BCUT2D eigenvalue weighted by Crippen LogP contribution is -2.45. The van der Waals surface area contributed by atoms with E-state index in [0.717, 1.165) is 31.1 Å². The van der Waals surface area contributed by atoms with Crippen molar-refractivity contribution in [2.24, 2.45) is 17.7 Å². The predicted octanol–water partition coefficient (Wildman–Crippen LogP) is 2.90. The molecule has 0 saturated carbocycles. The minimum atomic E-state index is 0.354. The normalized spacial score (nSPS) is 19.9. The van der Waals surface area contributed by atoms with Crippen LogP contribution in [0.5, 0.6) is 5.75 Å². The van der Waals surface area contributed by atoms with E-state index in [1.54, 1.807) is 0 Å². The molecule has 1 heterocycles. The van der Waals surface area contributed by atoms with E-state index < -0.39 is 0 Å². The highest BCUT2D eigenvalue weighted by Gasteiger charge is 2.26. The van der Waals surface area contributed by atoms with Crippen molar-refractivity contribution < 1.29 is 4.74 Å². The Hall–Kier alpha value is -1.06. The van der Waals surface area contributed by atoms with Gasteiger partial charge in [-0.3, -0.25) is 11.3 Å². The van der Waals surface area contributed by atoms with Crippen LogP contribution in [0.25, 0.3) is 0 Å². The van der Waals surface area contributed by atoms with Gasteiger partial charge in [0.1, 0.15) is 5.75 Å². The first-order chi connectivity index (χ1) is 9.20. The Kier molecular flexibility index (Phi) is 5.23. The molecule has 1 aromatic carbocycles. The van der Waals surface area contributed by atoms with E-state index in [0.29, 0.717) is 12.0 Å². The van der Waals surface area contributed by atoms with Gasteiger partial charge < -0.3 is 4.74 Å². The zero-order valence-corrected chi connectivity index (χ0v) is 12.1. The fraction of sp³-hybridized carbons (Fsp3) is 0.625. The quantitative estimate of drug-likeness (QED) is 0.612. The van der Waals surface area contributed by atoms with Crippen LogP contribution >= 0.6 is 0 Å². The zero-order chi connectivity index (χ0) is 13.7. The van der Waals surface area contributed by atoms with Crippen LogP contribution in [-0.2, 0) is 6.42 Å². The number of hydrogen-bond donors (Lipinski definition) is 2. The Morgan fingerprint density at radius 3 is 2.84 bits per heavy atom. The van der Waals surface area contributed by atoms with Crippen molar-refractivity contribution >= 4 is 0 Å². The van der Waals surface area contributed by atoms with E-state index in [1.807, 2.05) is 6.07 Å². The van der Waals surface area contributed by atoms with Crippen LogP contribution in [0.4, 0.5) is 0 Å². The van der Waals surface area contributed by atoms with E-state index in [-0.39, 0.29) is 0 Å². The zero-order valence-electron chi connectivity index (χ0n) is 12.1. The van der Waals surface area contributed by atoms with Gasteiger partial charge in [0.2, 0.25) is 0 Å². The van der Waals surface area contributed by atoms with E-state index in [9.17, 15) is 0 Å². The molecule has 0 spiro atoms. The summed E-state index contributed by atoms with van der Waals surface area (Å²) in [7, 11) is 0. The first-order valence-electron chi connectivity index (χ1n) is 7.37. The molecular weight excluding hydrogens is 236 g/mol. The minimum Gasteiger partial charge on any atom is -0.493 e. The van der Waals surface area contributed by atoms with Gasteiger partial charge in [0, 0.05) is 12.0 Å². The Morgan fingerprint density at radius 1 is 1.32 bits per heavy atom. The molecule has 0 radical (unpaired) electrons. The number of nitrogens with two attached hydrogens (primary N) is 1. The standard InChI is InChI=1S/C16H26N2O/c1-12(2)6-5-8-15(18-17)14-10-13-7-3-4-9-16(13)19-11-14/h3-4,7,9,12,14-15,18H,5-6,8,10-11,17H2,1-2H3. The Balaban J connectivity index is 1.90. The molecule has 106 valence electrons. The molecule has 3 N–H and O–H groups in total. The van der Waals surface area contributed by atoms with Crippen LogP contribution < -0.4 is 16.0 Å². The largest absolute Gasteiger partial charge is 0.493 e. The molecule has 0 bridgehead atoms. The second-order valence-electron chi connectivity index (χ2n) is 5.98. The highest BCUT2D eigenvalue weighted by molar-refractivity contribution is 5.35. The van der Waals surface area contributed by atoms with Crippen LogP contribution in [0, 0.1) is 11.8 Å². The lowest BCUT2D eigenvalue weighted by molar-refractivity contribution is 0.177. The summed E-state index contributed by atoms with van der Waals surface area (Å²) >= 11 is 0. The molecule has 0 amide bonds. The predicted molar refractivity (Wildman–Crippen MR) is 78.9 cm³/mol. The molecule has 0 aliphatic carbocycles. The molecule has 2 rings (SSSR count). The monoisotopic (exact) mass is 262 g/mol. The number of rotatable bonds is 6. The van der Waals surface area contributed by atoms with E-state index in [4.69, 9.17) is 10.6 Å². The van der Waals surface area contributed by atoms with Crippen molar-refractivity contribution in [2.75, 3.05) is 6.61 Å². The molecule has 19 heavy (non-hydrogen) atoms. The third-order valence-electron chi connectivity index (χ3n) is 3.99. The number of nitrogens with one attached hydrogen (secondary N) is 1. The van der Waals surface area contributed by atoms with Gasteiger partial charge in [-0.2, -0.15) is 0 Å². The van der Waals surface area contributed by atoms with Crippen LogP contribution in [0.3, 0.4) is 0 Å². The lowest BCUT2D eigenvalue weighted by atomic mass is 9.87. The number of ether oxygens (including phenoxy) is 1. The van der Waals surface area contributed by atoms with Gasteiger partial charge in [0.15, 0.2) is 0 Å². The summed E-state index contributed by atoms with van der Waals surface area (Å²) in [4.78, 5) is 0. The van der Waals surface area contributed by atoms with Gasteiger partial charge in [0.05, 0.1) is 6.61 Å². The van der Waals surface area contributed by atoms with Crippen molar-refractivity contribution in [1.82, 2.24) is 5.43 Å². The fourth-order valence-electron chi connectivity index (χ4n) is 2.81. The van der Waals surface area contributed by atoms with Crippen LogP contribution in [-0.4, -0.2) is 12.6 Å². The molecule has 1 aliphatic rings. The van der Waals surface area contributed by atoms with Gasteiger partial charge >= 0.3 is 0 Å². The minimum absolute atomic E-state index is 0.354. The van der Waals surface area contributed by atoms with Crippen LogP contribution in [0.2, 0.25) is 0 Å². The Labute approximate surface area is 116 Å². The van der Waals surface area contributed by atoms with Crippen molar-refractivity contribution in [2.45, 2.75) is 45.6 Å². The summed E-state index contributed by atoms with van der Waals surface area (Å²) in [5, 5.41) is 0. The highest BCUT2D eigenvalue weighted by atomic mass is 16.5. The summed E-state index contributed by atoms with van der Waals surface area (Å²) in [5.74, 6) is 8.02. The number of para-hydroxylation sites is 1. The summed E-state index contributed by atoms with van der Waals surface area (Å²) in [6.07, 6.45) is 4.69. The van der Waals surface area contributed by atoms with E-state index in [2.05, 4.69) is 37.5 Å². The maximum Gasteiger partial charge on any atom is 0.122 e. The third-order valence-corrected chi connectivity index (χ3v) is 3.99. The molecule has 1 aromatic rings. The number of hydrazine groups is 1. The van der Waals surface area contributed by atoms with Crippen molar-refractivity contribution in [1.29, 1.82) is 0 Å². The molecule has 2 atom stereocenters. The average Bonchev–Trinajstić information content (AvgIpc) is 2.43. The molecule has 1 aliphatic heterocycles. The van der Waals surface area contributed by atoms with Gasteiger partial charge in [-0.05, 0) is 30.4 Å². The SMILES string of the molecule is CC(C)CCCC(NN)C1COc2ccccc2C1. The van der Waals surface area contributed by atoms with E-state index in [1.165, 1.54) is 18.4 Å². The van der Waals surface area contributed by atoms with Gasteiger partial charge in [0.25, 0.3) is 0 Å². The fourth-order valence-corrected chi connectivity index (χ4v) is 2.81. The van der Waals surface area contributed by atoms with Gasteiger partial charge in [-0.15, -0.1) is 0 Å². The molecule has 0 fully saturated rings. The Bertz CT molecular complexity index is 392. The van der Waals surface area contributed by atoms with Crippen LogP contribution in [0.15, 0.2) is 24.3 Å². The van der Waals surface area contributed by atoms with Crippen molar-refractivity contribution in [3.63, 3.8) is 0 Å². The Morgan fingerprint density at radius 2 is 2.11 bits per heavy atom. The van der Waals surface area contributed by atoms with Crippen molar-refractivity contribution in [3.05, 3.63) is 29.8 Å². The summed E-state index contributed by atoms with van der Waals surface area (Å²) in [6.45, 7) is 5.31. The first-order valence-corrected chi connectivity index (χ1v) is 7.37. The molecule has 0 aromatic heterocycles. The maximum absolute atomic E-state index is 5.85. The van der Waals surface area contributed by atoms with Crippen LogP contribution in [0.1, 0.15) is 38.7 Å². The number of fused-ring (bicyclic) bond motifs is 1. The molecular formula is C16H26N2O. The van der Waals surface area contributed by atoms with E-state index >= 15 is 0 Å². The van der Waals surface area contributed by atoms with Crippen molar-refractivity contribution in [3.8, 4) is 5.75 Å². The summed E-state index contributed by atoms with van der Waals surface area (Å²) < 4.78 is 5.85. The van der Waals surface area contributed by atoms with Gasteiger partial charge in [-0.1, -0.05) is 44.9 Å². The third kappa shape index (κ3) is 3.95. The highest BCUT2D eigenvalue weighted by Crippen LogP contribution is 2.29. The smallest absolute Gasteiger partial charge is 0.122 e. The number of hydrogen-bond acceptors (Lipinski definition) is 3. The van der Waals surface area contributed by atoms with Gasteiger partial charge in [-0.25, -0.2) is 0 Å². The molecule has 0 saturated heterocycles. The summed E-state index contributed by atoms with van der Waals surface area (Å²) in [5.41, 5.74) is 4.30. The molecule has 3 heteroatoms. The average molecular weight is 262 g/mol. The maximum atomic E-state index is 5.85. The second kappa shape index (κ2) is 6.92. The summed E-state index contributed by atoms with van der Waals surface area (Å²) in [6, 6.07) is 8.67. The molecule has 3 nitrogen and oxygen atoms in total. The number of benzene rings is 1. The topological polar surface area (TPSA) is 47.3 Å². The first kappa shape index (κ1) is 14.4. The lowest BCUT2D eigenvalue weighted by Gasteiger charge is -2.31. The second-order valence-corrected chi connectivity index (χ2v) is 5.98. The molecule has 2 unspecified atom stereocenters.